The molecule has 37 heavy (non-hydrogen) atoms. The molecule has 2 aliphatic heterocycles. The number of nitrogens with zero attached hydrogens (tertiary/aromatic N) is 2. The number of H-pyrrole nitrogens is 1. The monoisotopic (exact) mass is 507 g/mol. The molecule has 2 aromatic carbocycles. The minimum absolute atomic E-state index is 0.0143. The van der Waals surface area contributed by atoms with Gasteiger partial charge in [0.1, 0.15) is 0 Å². The van der Waals surface area contributed by atoms with Crippen LogP contribution in [0.25, 0.3) is 11.0 Å². The number of piperidine rings is 1. The summed E-state index contributed by atoms with van der Waals surface area (Å²) in [6, 6.07) is 17.7. The number of carbonyl (C=O) groups is 1. The molecule has 0 unspecified atom stereocenters. The molecule has 1 saturated heterocycles. The van der Waals surface area contributed by atoms with Gasteiger partial charge in [0.05, 0.1) is 37.5 Å². The average Bonchev–Trinajstić information content (AvgIpc) is 3.28. The van der Waals surface area contributed by atoms with Gasteiger partial charge in [-0.2, -0.15) is 0 Å². The zero-order valence-electron chi connectivity index (χ0n) is 20.8. The first-order chi connectivity index (χ1) is 18.1. The van der Waals surface area contributed by atoms with E-state index in [-0.39, 0.29) is 36.8 Å². The van der Waals surface area contributed by atoms with Gasteiger partial charge in [-0.25, -0.2) is 4.79 Å². The van der Waals surface area contributed by atoms with Crippen molar-refractivity contribution in [2.75, 3.05) is 39.5 Å². The van der Waals surface area contributed by atoms with Crippen LogP contribution in [0, 0.1) is 0 Å². The first-order valence-corrected chi connectivity index (χ1v) is 12.9. The number of rotatable bonds is 9. The van der Waals surface area contributed by atoms with Crippen LogP contribution >= 0.6 is 0 Å². The highest BCUT2D eigenvalue weighted by molar-refractivity contribution is 5.92. The Morgan fingerprint density at radius 1 is 1.03 bits per heavy atom. The standard InChI is InChI=1S/C28H33N3O6/c32-14-15-35-16-17-36-26-19-21(20-6-2-1-3-7-20)18-25(37-26)27(33)30-12-10-22(11-13-30)31-24-9-5-4-8-23(24)29-28(31)34/h1-9,18,21-22,26,32H,10-17,19H2,(H,29,34)/t21-,26+/m0/s1. The van der Waals surface area contributed by atoms with Crippen LogP contribution in [0.3, 0.4) is 0 Å². The summed E-state index contributed by atoms with van der Waals surface area (Å²) < 4.78 is 19.0. The van der Waals surface area contributed by atoms with E-state index in [1.54, 1.807) is 4.90 Å². The van der Waals surface area contributed by atoms with Gasteiger partial charge in [0.25, 0.3) is 5.91 Å². The van der Waals surface area contributed by atoms with Crippen LogP contribution in [0.4, 0.5) is 0 Å². The van der Waals surface area contributed by atoms with Gasteiger partial charge >= 0.3 is 5.69 Å². The second-order valence-corrected chi connectivity index (χ2v) is 9.38. The molecule has 0 saturated carbocycles. The van der Waals surface area contributed by atoms with Crippen LogP contribution in [0.2, 0.25) is 0 Å². The molecular formula is C28H33N3O6. The second kappa shape index (κ2) is 11.8. The van der Waals surface area contributed by atoms with Gasteiger partial charge in [0.2, 0.25) is 6.29 Å². The number of imidazole rings is 1. The van der Waals surface area contributed by atoms with Crippen LogP contribution in [0.15, 0.2) is 71.2 Å². The summed E-state index contributed by atoms with van der Waals surface area (Å²) in [6.45, 7) is 1.93. The van der Waals surface area contributed by atoms with Gasteiger partial charge in [0.15, 0.2) is 5.76 Å². The number of aliphatic hydroxyl groups is 1. The van der Waals surface area contributed by atoms with Gasteiger partial charge in [-0.05, 0) is 36.6 Å². The van der Waals surface area contributed by atoms with E-state index in [0.717, 1.165) is 16.6 Å². The smallest absolute Gasteiger partial charge is 0.326 e. The molecule has 2 N–H and O–H groups in total. The highest BCUT2D eigenvalue weighted by Crippen LogP contribution is 2.33. The summed E-state index contributed by atoms with van der Waals surface area (Å²) in [4.78, 5) is 30.9. The summed E-state index contributed by atoms with van der Waals surface area (Å²) in [5.41, 5.74) is 2.70. The number of fused-ring (bicyclic) bond motifs is 1. The number of aliphatic hydroxyl groups excluding tert-OH is 1. The molecule has 1 aromatic heterocycles. The number of likely N-dealkylation sites (tertiary alicyclic amines) is 1. The predicted molar refractivity (Wildman–Crippen MR) is 138 cm³/mol. The van der Waals surface area contributed by atoms with Gasteiger partial charge in [-0.3, -0.25) is 9.36 Å². The molecule has 196 valence electrons. The summed E-state index contributed by atoms with van der Waals surface area (Å²) in [7, 11) is 0. The first-order valence-electron chi connectivity index (χ1n) is 12.9. The minimum Gasteiger partial charge on any atom is -0.459 e. The van der Waals surface area contributed by atoms with Crippen molar-refractivity contribution in [2.45, 2.75) is 37.5 Å². The van der Waals surface area contributed by atoms with Gasteiger partial charge in [-0.1, -0.05) is 42.5 Å². The number of nitrogens with one attached hydrogen (secondary N) is 1. The van der Waals surface area contributed by atoms with Crippen LogP contribution in [-0.4, -0.2) is 71.3 Å². The maximum absolute atomic E-state index is 13.5. The Balaban J connectivity index is 1.26. The van der Waals surface area contributed by atoms with Gasteiger partial charge in [-0.15, -0.1) is 0 Å². The van der Waals surface area contributed by atoms with Crippen molar-refractivity contribution in [3.8, 4) is 0 Å². The number of ether oxygens (including phenoxy) is 3. The number of amides is 1. The summed E-state index contributed by atoms with van der Waals surface area (Å²) >= 11 is 0. The fourth-order valence-electron chi connectivity index (χ4n) is 5.17. The molecule has 9 heteroatoms. The lowest BCUT2D eigenvalue weighted by atomic mass is 9.92. The van der Waals surface area contributed by atoms with E-state index >= 15 is 0 Å². The van der Waals surface area contributed by atoms with E-state index in [1.807, 2.05) is 65.2 Å². The number of benzene rings is 2. The maximum atomic E-state index is 13.5. The average molecular weight is 508 g/mol. The number of aromatic amines is 1. The fraction of sp³-hybridized carbons (Fsp3) is 0.429. The molecule has 2 atom stereocenters. The van der Waals surface area contributed by atoms with Crippen LogP contribution < -0.4 is 5.69 Å². The quantitative estimate of drug-likeness (QED) is 0.432. The Bertz CT molecular complexity index is 1280. The third-order valence-corrected chi connectivity index (χ3v) is 7.00. The van der Waals surface area contributed by atoms with E-state index in [4.69, 9.17) is 19.3 Å². The molecule has 0 radical (unpaired) electrons. The zero-order chi connectivity index (χ0) is 25.6. The van der Waals surface area contributed by atoms with E-state index < -0.39 is 6.29 Å². The maximum Gasteiger partial charge on any atom is 0.326 e. The topological polar surface area (TPSA) is 106 Å². The van der Waals surface area contributed by atoms with Crippen molar-refractivity contribution < 1.29 is 24.1 Å². The highest BCUT2D eigenvalue weighted by Gasteiger charge is 2.33. The van der Waals surface area contributed by atoms with E-state index in [9.17, 15) is 9.59 Å². The molecule has 0 spiro atoms. The molecule has 2 aliphatic rings. The van der Waals surface area contributed by atoms with Gasteiger partial charge < -0.3 is 29.2 Å². The first kappa shape index (κ1) is 25.3. The lowest BCUT2D eigenvalue weighted by molar-refractivity contribution is -0.157. The molecule has 0 bridgehead atoms. The van der Waals surface area contributed by atoms with E-state index in [1.165, 1.54) is 0 Å². The molecule has 0 aliphatic carbocycles. The normalized spacial score (nSPS) is 20.6. The molecule has 3 heterocycles. The number of hydrogen-bond donors (Lipinski definition) is 2. The molecular weight excluding hydrogens is 474 g/mol. The lowest BCUT2D eigenvalue weighted by Crippen LogP contribution is -2.42. The number of hydrogen-bond acceptors (Lipinski definition) is 6. The molecule has 9 nitrogen and oxygen atoms in total. The molecule has 5 rings (SSSR count). The third-order valence-electron chi connectivity index (χ3n) is 7.00. The van der Waals surface area contributed by atoms with Crippen LogP contribution in [-0.2, 0) is 19.0 Å². The Hall–Kier alpha value is -3.40. The Kier molecular flexibility index (Phi) is 8.03. The summed E-state index contributed by atoms with van der Waals surface area (Å²) in [5, 5.41) is 8.87. The van der Waals surface area contributed by atoms with Crippen molar-refractivity contribution in [3.05, 3.63) is 82.5 Å². The lowest BCUT2D eigenvalue weighted by Gasteiger charge is -2.35. The van der Waals surface area contributed by atoms with Crippen LogP contribution in [0.1, 0.15) is 36.8 Å². The Morgan fingerprint density at radius 3 is 2.57 bits per heavy atom. The SMILES string of the molecule is O=C(C1=C[C@H](c2ccccc2)C[C@H](OCCOCCO)O1)N1CCC(n2c(=O)[nH]c3ccccc32)CC1. The summed E-state index contributed by atoms with van der Waals surface area (Å²) in [6.07, 6.45) is 3.28. The van der Waals surface area contributed by atoms with Crippen molar-refractivity contribution in [3.63, 3.8) is 0 Å². The van der Waals surface area contributed by atoms with Crippen molar-refractivity contribution >= 4 is 16.9 Å². The zero-order valence-corrected chi connectivity index (χ0v) is 20.8. The number of para-hydroxylation sites is 2. The number of carbonyl (C=O) groups excluding carboxylic acids is 1. The highest BCUT2D eigenvalue weighted by atomic mass is 16.7. The number of allylic oxidation sites excluding steroid dienone is 1. The van der Waals surface area contributed by atoms with Crippen molar-refractivity contribution in [2.24, 2.45) is 0 Å². The second-order valence-electron chi connectivity index (χ2n) is 9.38. The van der Waals surface area contributed by atoms with Crippen molar-refractivity contribution in [1.29, 1.82) is 0 Å². The van der Waals surface area contributed by atoms with Crippen LogP contribution in [0.5, 0.6) is 0 Å². The molecule has 3 aromatic rings. The van der Waals surface area contributed by atoms with Gasteiger partial charge in [0, 0.05) is 31.5 Å². The minimum atomic E-state index is -0.575. The fourth-order valence-corrected chi connectivity index (χ4v) is 5.17. The Morgan fingerprint density at radius 2 is 1.78 bits per heavy atom. The number of aromatic nitrogens is 2. The molecule has 1 fully saturated rings. The predicted octanol–water partition coefficient (Wildman–Crippen LogP) is 2.93. The largest absolute Gasteiger partial charge is 0.459 e. The van der Waals surface area contributed by atoms with Crippen molar-refractivity contribution in [1.82, 2.24) is 14.5 Å². The summed E-state index contributed by atoms with van der Waals surface area (Å²) in [5.74, 6) is 0.124. The molecule has 1 amide bonds. The van der Waals surface area contributed by atoms with E-state index in [2.05, 4.69) is 4.98 Å². The van der Waals surface area contributed by atoms with E-state index in [0.29, 0.717) is 51.3 Å². The Labute approximate surface area is 215 Å². The third kappa shape index (κ3) is 5.79.